The highest BCUT2D eigenvalue weighted by atomic mass is 15.3. The van der Waals surface area contributed by atoms with Crippen LogP contribution in [0.15, 0.2) is 6.33 Å². The van der Waals surface area contributed by atoms with E-state index in [0.29, 0.717) is 5.95 Å². The summed E-state index contributed by atoms with van der Waals surface area (Å²) in [6, 6.07) is 0. The summed E-state index contributed by atoms with van der Waals surface area (Å²) < 4.78 is 1.83. The maximum absolute atomic E-state index is 5.43. The van der Waals surface area contributed by atoms with Gasteiger partial charge in [-0.15, -0.1) is 5.10 Å². The fraction of sp³-hybridized carbons (Fsp3) is 0.778. The number of rotatable bonds is 3. The number of nitrogens with one attached hydrogen (secondary N) is 1. The third kappa shape index (κ3) is 2.45. The predicted octanol–water partition coefficient (Wildman–Crippen LogP) is 0.250. The van der Waals surface area contributed by atoms with Crippen LogP contribution in [0, 0.1) is 5.92 Å². The predicted molar refractivity (Wildman–Crippen MR) is 54.6 cm³/mol. The Morgan fingerprint density at radius 3 is 2.93 bits per heavy atom. The Hall–Kier alpha value is -1.10. The van der Waals surface area contributed by atoms with Gasteiger partial charge in [-0.3, -0.25) is 4.68 Å². The number of nitrogens with two attached hydrogens (primary N) is 1. The van der Waals surface area contributed by atoms with Gasteiger partial charge in [-0.2, -0.15) is 0 Å². The molecule has 0 saturated carbocycles. The van der Waals surface area contributed by atoms with Gasteiger partial charge in [-0.05, 0) is 38.3 Å². The van der Waals surface area contributed by atoms with E-state index in [4.69, 9.17) is 5.73 Å². The summed E-state index contributed by atoms with van der Waals surface area (Å²) in [6.45, 7) is 3.25. The van der Waals surface area contributed by atoms with Crippen molar-refractivity contribution in [2.24, 2.45) is 5.92 Å². The Balaban J connectivity index is 1.76. The molecule has 3 N–H and O–H groups in total. The van der Waals surface area contributed by atoms with Crippen molar-refractivity contribution in [2.75, 3.05) is 18.8 Å². The molecule has 0 spiro atoms. The minimum Gasteiger partial charge on any atom is -0.367 e. The van der Waals surface area contributed by atoms with Gasteiger partial charge < -0.3 is 11.1 Å². The van der Waals surface area contributed by atoms with Crippen LogP contribution in [0.4, 0.5) is 5.95 Å². The van der Waals surface area contributed by atoms with Gasteiger partial charge in [0.25, 0.3) is 0 Å². The fourth-order valence-corrected chi connectivity index (χ4v) is 1.90. The first kappa shape index (κ1) is 9.45. The third-order valence-corrected chi connectivity index (χ3v) is 2.78. The van der Waals surface area contributed by atoms with Gasteiger partial charge in [0.2, 0.25) is 5.95 Å². The molecule has 1 saturated heterocycles. The summed E-state index contributed by atoms with van der Waals surface area (Å²) in [6.07, 6.45) is 5.45. The molecule has 1 aliphatic rings. The highest BCUT2D eigenvalue weighted by Gasteiger charge is 2.12. The summed E-state index contributed by atoms with van der Waals surface area (Å²) in [5, 5.41) is 7.43. The van der Waals surface area contributed by atoms with Gasteiger partial charge >= 0.3 is 0 Å². The zero-order chi connectivity index (χ0) is 9.80. The second-order valence-corrected chi connectivity index (χ2v) is 3.85. The summed E-state index contributed by atoms with van der Waals surface area (Å²) in [5.41, 5.74) is 5.43. The number of nitrogen functional groups attached to an aromatic ring is 1. The molecule has 5 heteroatoms. The van der Waals surface area contributed by atoms with Crippen LogP contribution in [-0.4, -0.2) is 27.9 Å². The largest absolute Gasteiger partial charge is 0.367 e. The monoisotopic (exact) mass is 195 g/mol. The Morgan fingerprint density at radius 1 is 1.50 bits per heavy atom. The third-order valence-electron chi connectivity index (χ3n) is 2.78. The number of nitrogens with zero attached hydrogens (tertiary/aromatic N) is 3. The molecule has 14 heavy (non-hydrogen) atoms. The molecule has 0 atom stereocenters. The molecular formula is C9H17N5. The van der Waals surface area contributed by atoms with E-state index in [9.17, 15) is 0 Å². The Labute approximate surface area is 83.7 Å². The number of aryl methyl sites for hydroxylation is 1. The fourth-order valence-electron chi connectivity index (χ4n) is 1.90. The molecule has 78 valence electrons. The van der Waals surface area contributed by atoms with E-state index in [2.05, 4.69) is 15.4 Å². The summed E-state index contributed by atoms with van der Waals surface area (Å²) in [5.74, 6) is 1.21. The Bertz CT molecular complexity index is 276. The highest BCUT2D eigenvalue weighted by molar-refractivity contribution is 5.09. The van der Waals surface area contributed by atoms with Crippen molar-refractivity contribution in [1.29, 1.82) is 0 Å². The van der Waals surface area contributed by atoms with Crippen LogP contribution in [0.3, 0.4) is 0 Å². The standard InChI is InChI=1S/C9H17N5/c10-9-12-7-14(13-9)6-3-8-1-4-11-5-2-8/h7-8,11H,1-6H2,(H2,10,13). The summed E-state index contributed by atoms with van der Waals surface area (Å²) >= 11 is 0. The maximum Gasteiger partial charge on any atom is 0.239 e. The van der Waals surface area contributed by atoms with Crippen molar-refractivity contribution in [3.8, 4) is 0 Å². The average Bonchev–Trinajstić information content (AvgIpc) is 2.63. The molecular weight excluding hydrogens is 178 g/mol. The first-order valence-corrected chi connectivity index (χ1v) is 5.20. The molecule has 2 heterocycles. The van der Waals surface area contributed by atoms with Crippen LogP contribution in [0.25, 0.3) is 0 Å². The maximum atomic E-state index is 5.43. The topological polar surface area (TPSA) is 68.8 Å². The number of hydrogen-bond donors (Lipinski definition) is 2. The van der Waals surface area contributed by atoms with Crippen molar-refractivity contribution in [3.05, 3.63) is 6.33 Å². The lowest BCUT2D eigenvalue weighted by Gasteiger charge is -2.22. The summed E-state index contributed by atoms with van der Waals surface area (Å²) in [7, 11) is 0. The minimum absolute atomic E-state index is 0.371. The molecule has 0 aromatic carbocycles. The molecule has 1 aliphatic heterocycles. The highest BCUT2D eigenvalue weighted by Crippen LogP contribution is 2.16. The van der Waals surface area contributed by atoms with Crippen LogP contribution in [0.1, 0.15) is 19.3 Å². The molecule has 0 unspecified atom stereocenters. The van der Waals surface area contributed by atoms with Crippen LogP contribution in [0.2, 0.25) is 0 Å². The lowest BCUT2D eigenvalue weighted by molar-refractivity contribution is 0.332. The van der Waals surface area contributed by atoms with Gasteiger partial charge in [0, 0.05) is 6.54 Å². The first-order valence-electron chi connectivity index (χ1n) is 5.20. The van der Waals surface area contributed by atoms with E-state index in [1.807, 2.05) is 4.68 Å². The van der Waals surface area contributed by atoms with E-state index in [0.717, 1.165) is 25.6 Å². The number of piperidine rings is 1. The van der Waals surface area contributed by atoms with Gasteiger partial charge in [0.05, 0.1) is 0 Å². The zero-order valence-corrected chi connectivity index (χ0v) is 8.32. The van der Waals surface area contributed by atoms with Gasteiger partial charge in [0.1, 0.15) is 6.33 Å². The van der Waals surface area contributed by atoms with E-state index in [-0.39, 0.29) is 0 Å². The van der Waals surface area contributed by atoms with Crippen LogP contribution < -0.4 is 11.1 Å². The van der Waals surface area contributed by atoms with Crippen molar-refractivity contribution >= 4 is 5.95 Å². The van der Waals surface area contributed by atoms with Crippen LogP contribution in [-0.2, 0) is 6.54 Å². The van der Waals surface area contributed by atoms with Crippen molar-refractivity contribution < 1.29 is 0 Å². The van der Waals surface area contributed by atoms with Gasteiger partial charge in [-0.1, -0.05) is 0 Å². The second-order valence-electron chi connectivity index (χ2n) is 3.85. The smallest absolute Gasteiger partial charge is 0.239 e. The van der Waals surface area contributed by atoms with Crippen molar-refractivity contribution in [3.63, 3.8) is 0 Å². The molecule has 1 aromatic rings. The van der Waals surface area contributed by atoms with Crippen molar-refractivity contribution in [1.82, 2.24) is 20.1 Å². The Morgan fingerprint density at radius 2 is 2.29 bits per heavy atom. The Kier molecular flexibility index (Phi) is 2.98. The number of aromatic nitrogens is 3. The van der Waals surface area contributed by atoms with E-state index < -0.39 is 0 Å². The lowest BCUT2D eigenvalue weighted by Crippen LogP contribution is -2.28. The van der Waals surface area contributed by atoms with Crippen LogP contribution >= 0.6 is 0 Å². The summed E-state index contributed by atoms with van der Waals surface area (Å²) in [4.78, 5) is 3.90. The number of hydrogen-bond acceptors (Lipinski definition) is 4. The average molecular weight is 195 g/mol. The molecule has 0 radical (unpaired) electrons. The minimum atomic E-state index is 0.371. The molecule has 1 fully saturated rings. The molecule has 0 bridgehead atoms. The second kappa shape index (κ2) is 4.41. The quantitative estimate of drug-likeness (QED) is 0.725. The SMILES string of the molecule is Nc1ncn(CCC2CCNCC2)n1. The van der Waals surface area contributed by atoms with Gasteiger partial charge in [0.15, 0.2) is 0 Å². The lowest BCUT2D eigenvalue weighted by atomic mass is 9.95. The molecule has 5 nitrogen and oxygen atoms in total. The molecule has 2 rings (SSSR count). The van der Waals surface area contributed by atoms with Crippen molar-refractivity contribution in [2.45, 2.75) is 25.8 Å². The number of anilines is 1. The van der Waals surface area contributed by atoms with Crippen LogP contribution in [0.5, 0.6) is 0 Å². The van der Waals surface area contributed by atoms with E-state index >= 15 is 0 Å². The molecule has 0 amide bonds. The normalized spacial score (nSPS) is 18.6. The van der Waals surface area contributed by atoms with E-state index in [1.165, 1.54) is 19.3 Å². The zero-order valence-electron chi connectivity index (χ0n) is 8.32. The first-order chi connectivity index (χ1) is 6.84. The molecule has 1 aromatic heterocycles. The van der Waals surface area contributed by atoms with Gasteiger partial charge in [-0.25, -0.2) is 4.98 Å². The van der Waals surface area contributed by atoms with E-state index in [1.54, 1.807) is 6.33 Å². The molecule has 0 aliphatic carbocycles.